The van der Waals surface area contributed by atoms with E-state index in [-0.39, 0.29) is 11.6 Å². The molecule has 15 heavy (non-hydrogen) atoms. The molecule has 4 heteroatoms. The van der Waals surface area contributed by atoms with Gasteiger partial charge in [-0.15, -0.1) is 0 Å². The van der Waals surface area contributed by atoms with Crippen molar-refractivity contribution in [3.63, 3.8) is 0 Å². The molecule has 0 saturated carbocycles. The number of nitrogens with two attached hydrogens (primary N) is 1. The quantitative estimate of drug-likeness (QED) is 0.788. The van der Waals surface area contributed by atoms with Crippen molar-refractivity contribution in [1.29, 1.82) is 0 Å². The molecule has 1 heterocycles. The van der Waals surface area contributed by atoms with E-state index in [1.54, 1.807) is 6.92 Å². The zero-order chi connectivity index (χ0) is 11.4. The molecule has 0 aliphatic carbocycles. The van der Waals surface area contributed by atoms with Gasteiger partial charge >= 0.3 is 0 Å². The second-order valence-electron chi connectivity index (χ2n) is 3.77. The summed E-state index contributed by atoms with van der Waals surface area (Å²) in [5.41, 5.74) is 7.40. The summed E-state index contributed by atoms with van der Waals surface area (Å²) in [7, 11) is 0. The maximum absolute atomic E-state index is 11.6. The van der Waals surface area contributed by atoms with Gasteiger partial charge in [0.25, 0.3) is 5.56 Å². The van der Waals surface area contributed by atoms with Gasteiger partial charge in [0, 0.05) is 5.56 Å². The normalized spacial score (nSPS) is 12.8. The minimum Gasteiger partial charge on any atom is -0.321 e. The zero-order valence-electron chi connectivity index (χ0n) is 9.63. The summed E-state index contributed by atoms with van der Waals surface area (Å²) in [6.45, 7) is 5.84. The number of H-pyrrole nitrogens is 1. The molecular formula is C11H19N3O. The molecule has 1 unspecified atom stereocenters. The monoisotopic (exact) mass is 209 g/mol. The zero-order valence-corrected chi connectivity index (χ0v) is 9.63. The summed E-state index contributed by atoms with van der Waals surface area (Å²) >= 11 is 0. The maximum Gasteiger partial charge on any atom is 0.254 e. The van der Waals surface area contributed by atoms with Crippen molar-refractivity contribution in [2.45, 2.75) is 46.1 Å². The molecule has 1 rings (SSSR count). The van der Waals surface area contributed by atoms with Gasteiger partial charge in [0.15, 0.2) is 0 Å². The Morgan fingerprint density at radius 2 is 2.13 bits per heavy atom. The molecule has 0 fully saturated rings. The summed E-state index contributed by atoms with van der Waals surface area (Å²) in [5, 5.41) is 0. The Kier molecular flexibility index (Phi) is 4.03. The van der Waals surface area contributed by atoms with Crippen molar-refractivity contribution < 1.29 is 0 Å². The smallest absolute Gasteiger partial charge is 0.254 e. The highest BCUT2D eigenvalue weighted by molar-refractivity contribution is 5.16. The first-order valence-corrected chi connectivity index (χ1v) is 5.45. The second-order valence-corrected chi connectivity index (χ2v) is 3.77. The summed E-state index contributed by atoms with van der Waals surface area (Å²) in [5.74, 6) is 0.615. The van der Waals surface area contributed by atoms with Crippen molar-refractivity contribution in [1.82, 2.24) is 9.97 Å². The third-order valence-electron chi connectivity index (χ3n) is 2.56. The fourth-order valence-corrected chi connectivity index (χ4v) is 1.57. The van der Waals surface area contributed by atoms with Crippen LogP contribution in [0.1, 0.15) is 49.8 Å². The van der Waals surface area contributed by atoms with Crippen molar-refractivity contribution in [3.05, 3.63) is 27.4 Å². The molecular weight excluding hydrogens is 190 g/mol. The molecule has 0 aliphatic rings. The van der Waals surface area contributed by atoms with E-state index in [9.17, 15) is 4.79 Å². The Hall–Kier alpha value is -1.16. The number of nitrogens with zero attached hydrogens (tertiary/aromatic N) is 1. The van der Waals surface area contributed by atoms with Crippen LogP contribution < -0.4 is 11.3 Å². The summed E-state index contributed by atoms with van der Waals surface area (Å²) in [6.07, 6.45) is 2.59. The second kappa shape index (κ2) is 5.07. The van der Waals surface area contributed by atoms with E-state index in [1.807, 2.05) is 6.92 Å². The lowest BCUT2D eigenvalue weighted by molar-refractivity contribution is 0.594. The Labute approximate surface area is 89.9 Å². The van der Waals surface area contributed by atoms with Crippen LogP contribution >= 0.6 is 0 Å². The third kappa shape index (κ3) is 2.65. The number of hydrogen-bond acceptors (Lipinski definition) is 3. The first kappa shape index (κ1) is 11.9. The van der Waals surface area contributed by atoms with Gasteiger partial charge in [-0.25, -0.2) is 4.98 Å². The van der Waals surface area contributed by atoms with E-state index in [1.165, 1.54) is 0 Å². The van der Waals surface area contributed by atoms with Gasteiger partial charge in [-0.1, -0.05) is 20.3 Å². The van der Waals surface area contributed by atoms with E-state index in [4.69, 9.17) is 5.73 Å². The first-order chi connectivity index (χ1) is 7.10. The largest absolute Gasteiger partial charge is 0.321 e. The first-order valence-electron chi connectivity index (χ1n) is 5.45. The summed E-state index contributed by atoms with van der Waals surface area (Å²) < 4.78 is 0. The maximum atomic E-state index is 11.6. The predicted molar refractivity (Wildman–Crippen MR) is 60.8 cm³/mol. The van der Waals surface area contributed by atoms with Gasteiger partial charge < -0.3 is 10.7 Å². The summed E-state index contributed by atoms with van der Waals surface area (Å²) in [4.78, 5) is 18.7. The van der Waals surface area contributed by atoms with Crippen LogP contribution in [-0.4, -0.2) is 9.97 Å². The molecule has 0 radical (unpaired) electrons. The van der Waals surface area contributed by atoms with Crippen LogP contribution in [-0.2, 0) is 6.42 Å². The highest BCUT2D eigenvalue weighted by Crippen LogP contribution is 2.11. The van der Waals surface area contributed by atoms with E-state index in [0.717, 1.165) is 25.0 Å². The molecule has 0 aliphatic heterocycles. The van der Waals surface area contributed by atoms with Crippen molar-refractivity contribution in [2.75, 3.05) is 0 Å². The Balaban J connectivity index is 3.11. The van der Waals surface area contributed by atoms with Crippen LogP contribution in [0.25, 0.3) is 0 Å². The van der Waals surface area contributed by atoms with Crippen LogP contribution in [0.15, 0.2) is 4.79 Å². The number of aromatic amines is 1. The van der Waals surface area contributed by atoms with Gasteiger partial charge in [0.2, 0.25) is 0 Å². The van der Waals surface area contributed by atoms with Gasteiger partial charge in [0.1, 0.15) is 5.82 Å². The lowest BCUT2D eigenvalue weighted by atomic mass is 10.1. The Morgan fingerprint density at radius 3 is 2.67 bits per heavy atom. The summed E-state index contributed by atoms with van der Waals surface area (Å²) in [6, 6.07) is -0.159. The lowest BCUT2D eigenvalue weighted by Crippen LogP contribution is -2.23. The minimum atomic E-state index is -0.159. The minimum absolute atomic E-state index is 0.0663. The Bertz CT molecular complexity index is 384. The molecule has 84 valence electrons. The van der Waals surface area contributed by atoms with Crippen LogP contribution in [0, 0.1) is 6.92 Å². The number of aromatic nitrogens is 2. The van der Waals surface area contributed by atoms with Crippen molar-refractivity contribution in [3.8, 4) is 0 Å². The molecule has 3 N–H and O–H groups in total. The third-order valence-corrected chi connectivity index (χ3v) is 2.56. The SMILES string of the molecule is CCCC(N)c1nc(CC)c(C)c(=O)[nH]1. The van der Waals surface area contributed by atoms with E-state index in [0.29, 0.717) is 11.4 Å². The number of hydrogen-bond donors (Lipinski definition) is 2. The average Bonchev–Trinajstić information content (AvgIpc) is 2.22. The number of nitrogens with one attached hydrogen (secondary N) is 1. The molecule has 4 nitrogen and oxygen atoms in total. The molecule has 1 aromatic heterocycles. The lowest BCUT2D eigenvalue weighted by Gasteiger charge is -2.11. The number of rotatable bonds is 4. The van der Waals surface area contributed by atoms with Crippen molar-refractivity contribution >= 4 is 0 Å². The van der Waals surface area contributed by atoms with Crippen LogP contribution in [0.5, 0.6) is 0 Å². The number of aryl methyl sites for hydroxylation is 1. The van der Waals surface area contributed by atoms with Gasteiger partial charge in [-0.3, -0.25) is 4.79 Å². The highest BCUT2D eigenvalue weighted by atomic mass is 16.1. The average molecular weight is 209 g/mol. The molecule has 0 spiro atoms. The van der Waals surface area contributed by atoms with Crippen LogP contribution in [0.3, 0.4) is 0 Å². The van der Waals surface area contributed by atoms with E-state index < -0.39 is 0 Å². The molecule has 0 aromatic carbocycles. The molecule has 1 atom stereocenters. The predicted octanol–water partition coefficient (Wildman–Crippen LogP) is 1.44. The highest BCUT2D eigenvalue weighted by Gasteiger charge is 2.11. The van der Waals surface area contributed by atoms with Crippen molar-refractivity contribution in [2.24, 2.45) is 5.73 Å². The fraction of sp³-hybridized carbons (Fsp3) is 0.636. The van der Waals surface area contributed by atoms with Crippen LogP contribution in [0.2, 0.25) is 0 Å². The standard InChI is InChI=1S/C11H19N3O/c1-4-6-8(12)10-13-9(5-2)7(3)11(15)14-10/h8H,4-6,12H2,1-3H3,(H,13,14,15). The van der Waals surface area contributed by atoms with Gasteiger partial charge in [-0.05, 0) is 19.8 Å². The Morgan fingerprint density at radius 1 is 1.47 bits per heavy atom. The fourth-order valence-electron chi connectivity index (χ4n) is 1.57. The molecule has 1 aromatic rings. The molecule has 0 bridgehead atoms. The van der Waals surface area contributed by atoms with E-state index in [2.05, 4.69) is 16.9 Å². The molecule has 0 saturated heterocycles. The van der Waals surface area contributed by atoms with Gasteiger partial charge in [-0.2, -0.15) is 0 Å². The van der Waals surface area contributed by atoms with E-state index >= 15 is 0 Å². The van der Waals surface area contributed by atoms with Gasteiger partial charge in [0.05, 0.1) is 11.7 Å². The molecule has 0 amide bonds. The van der Waals surface area contributed by atoms with Crippen LogP contribution in [0.4, 0.5) is 0 Å². The topological polar surface area (TPSA) is 71.8 Å².